The van der Waals surface area contributed by atoms with Crippen molar-refractivity contribution < 1.29 is 32.3 Å². The van der Waals surface area contributed by atoms with Crippen LogP contribution < -0.4 is 10.1 Å². The van der Waals surface area contributed by atoms with Gasteiger partial charge < -0.3 is 10.1 Å². The Morgan fingerprint density at radius 1 is 1.19 bits per heavy atom. The number of thioether (sulfide) groups is 1. The van der Waals surface area contributed by atoms with E-state index in [9.17, 15) is 27.6 Å². The molecule has 1 saturated heterocycles. The summed E-state index contributed by atoms with van der Waals surface area (Å²) >= 11 is 6.55. The Bertz CT molecular complexity index is 1050. The van der Waals surface area contributed by atoms with Crippen molar-refractivity contribution in [3.63, 3.8) is 0 Å². The Morgan fingerprint density at radius 3 is 2.55 bits per heavy atom. The first-order valence-electron chi connectivity index (χ1n) is 8.78. The predicted octanol–water partition coefficient (Wildman–Crippen LogP) is 4.55. The number of hydrogen-bond donors (Lipinski definition) is 1. The Kier molecular flexibility index (Phi) is 7.24. The van der Waals surface area contributed by atoms with E-state index in [-0.39, 0.29) is 34.3 Å². The first-order chi connectivity index (χ1) is 14.7. The standard InChI is InChI=1S/C20H14ClF3N2O4S/c21-15-10-12(22)3-6-14(15)17(27)25-7-8-26-18(28)16(31-20(26)29)9-11-1-4-13(5-2-11)30-19(23)24/h1-6,9-10,19H,7-8H2,(H,25,27)/b16-9+. The number of imide groups is 1. The fraction of sp³-hybridized carbons (Fsp3) is 0.150. The van der Waals surface area contributed by atoms with E-state index >= 15 is 0 Å². The van der Waals surface area contributed by atoms with Gasteiger partial charge in [-0.2, -0.15) is 8.78 Å². The highest BCUT2D eigenvalue weighted by Gasteiger charge is 2.34. The summed E-state index contributed by atoms with van der Waals surface area (Å²) in [6, 6.07) is 8.90. The van der Waals surface area contributed by atoms with Crippen LogP contribution in [0.4, 0.5) is 18.0 Å². The van der Waals surface area contributed by atoms with Crippen molar-refractivity contribution in [1.29, 1.82) is 0 Å². The highest BCUT2D eigenvalue weighted by molar-refractivity contribution is 8.18. The van der Waals surface area contributed by atoms with Gasteiger partial charge in [0.05, 0.1) is 15.5 Å². The van der Waals surface area contributed by atoms with E-state index in [1.54, 1.807) is 0 Å². The molecule has 1 heterocycles. The number of ether oxygens (including phenoxy) is 1. The molecule has 0 atom stereocenters. The largest absolute Gasteiger partial charge is 0.435 e. The summed E-state index contributed by atoms with van der Waals surface area (Å²) in [5.74, 6) is -1.73. The molecule has 31 heavy (non-hydrogen) atoms. The summed E-state index contributed by atoms with van der Waals surface area (Å²) in [5, 5.41) is 1.95. The molecule has 2 aromatic rings. The molecule has 0 saturated carbocycles. The Hall–Kier alpha value is -2.98. The number of amides is 3. The third kappa shape index (κ3) is 5.80. The molecule has 3 rings (SSSR count). The number of halogens is 4. The zero-order valence-corrected chi connectivity index (χ0v) is 17.2. The molecule has 0 aliphatic carbocycles. The zero-order chi connectivity index (χ0) is 22.5. The third-order valence-electron chi connectivity index (χ3n) is 4.07. The fourth-order valence-corrected chi connectivity index (χ4v) is 3.76. The van der Waals surface area contributed by atoms with Gasteiger partial charge >= 0.3 is 6.61 Å². The van der Waals surface area contributed by atoms with Gasteiger partial charge in [0, 0.05) is 13.1 Å². The van der Waals surface area contributed by atoms with Gasteiger partial charge in [-0.15, -0.1) is 0 Å². The maximum Gasteiger partial charge on any atom is 0.387 e. The normalized spacial score (nSPS) is 15.1. The Morgan fingerprint density at radius 2 is 1.90 bits per heavy atom. The van der Waals surface area contributed by atoms with Crippen LogP contribution in [0, 0.1) is 5.82 Å². The lowest BCUT2D eigenvalue weighted by Crippen LogP contribution is -2.37. The predicted molar refractivity (Wildman–Crippen MR) is 109 cm³/mol. The number of rotatable bonds is 7. The SMILES string of the molecule is O=C(NCCN1C(=O)S/C(=C/c2ccc(OC(F)F)cc2)C1=O)c1ccc(F)cc1Cl. The van der Waals surface area contributed by atoms with Crippen LogP contribution in [0.3, 0.4) is 0 Å². The van der Waals surface area contributed by atoms with E-state index in [0.29, 0.717) is 5.56 Å². The highest BCUT2D eigenvalue weighted by Crippen LogP contribution is 2.32. The van der Waals surface area contributed by atoms with Crippen molar-refractivity contribution in [1.82, 2.24) is 10.2 Å². The maximum absolute atomic E-state index is 13.1. The van der Waals surface area contributed by atoms with Gasteiger partial charge in [-0.25, -0.2) is 4.39 Å². The topological polar surface area (TPSA) is 75.7 Å². The van der Waals surface area contributed by atoms with Crippen LogP contribution in [0.1, 0.15) is 15.9 Å². The van der Waals surface area contributed by atoms with E-state index in [0.717, 1.165) is 28.8 Å². The molecular weight excluding hydrogens is 457 g/mol. The van der Waals surface area contributed by atoms with Crippen molar-refractivity contribution in [3.8, 4) is 5.75 Å². The molecule has 11 heteroatoms. The minimum absolute atomic E-state index is 0.0302. The molecule has 2 aromatic carbocycles. The van der Waals surface area contributed by atoms with Gasteiger partial charge in [0.15, 0.2) is 0 Å². The third-order valence-corrected chi connectivity index (χ3v) is 5.29. The average molecular weight is 471 g/mol. The van der Waals surface area contributed by atoms with E-state index in [1.165, 1.54) is 36.4 Å². The molecule has 0 radical (unpaired) electrons. The van der Waals surface area contributed by atoms with Gasteiger partial charge in [0.2, 0.25) is 0 Å². The van der Waals surface area contributed by atoms with Crippen LogP contribution in [-0.2, 0) is 4.79 Å². The second-order valence-electron chi connectivity index (χ2n) is 6.16. The number of carbonyl (C=O) groups excluding carboxylic acids is 3. The Balaban J connectivity index is 1.58. The van der Waals surface area contributed by atoms with Crippen LogP contribution >= 0.6 is 23.4 Å². The minimum Gasteiger partial charge on any atom is -0.435 e. The summed E-state index contributed by atoms with van der Waals surface area (Å²) in [7, 11) is 0. The number of nitrogens with zero attached hydrogens (tertiary/aromatic N) is 1. The lowest BCUT2D eigenvalue weighted by molar-refractivity contribution is -0.122. The van der Waals surface area contributed by atoms with Gasteiger partial charge in [0.25, 0.3) is 17.1 Å². The zero-order valence-electron chi connectivity index (χ0n) is 15.6. The van der Waals surface area contributed by atoms with Crippen LogP contribution in [-0.4, -0.2) is 41.7 Å². The maximum atomic E-state index is 13.1. The fourth-order valence-electron chi connectivity index (χ4n) is 2.64. The molecule has 0 aromatic heterocycles. The van der Waals surface area contributed by atoms with E-state index in [2.05, 4.69) is 10.1 Å². The molecule has 1 fully saturated rings. The first kappa shape index (κ1) is 22.7. The molecule has 1 N–H and O–H groups in total. The Labute approximate surface area is 184 Å². The number of carbonyl (C=O) groups is 3. The van der Waals surface area contributed by atoms with Crippen molar-refractivity contribution in [2.75, 3.05) is 13.1 Å². The molecule has 1 aliphatic rings. The number of alkyl halides is 2. The lowest BCUT2D eigenvalue weighted by atomic mass is 10.2. The quantitative estimate of drug-likeness (QED) is 0.601. The number of benzene rings is 2. The smallest absolute Gasteiger partial charge is 0.387 e. The molecule has 1 aliphatic heterocycles. The van der Waals surface area contributed by atoms with Crippen LogP contribution in [0.25, 0.3) is 6.08 Å². The highest BCUT2D eigenvalue weighted by atomic mass is 35.5. The molecule has 0 bridgehead atoms. The second kappa shape index (κ2) is 9.88. The molecule has 0 spiro atoms. The summed E-state index contributed by atoms with van der Waals surface area (Å²) < 4.78 is 41.7. The van der Waals surface area contributed by atoms with Gasteiger partial charge in [-0.1, -0.05) is 23.7 Å². The van der Waals surface area contributed by atoms with Crippen molar-refractivity contribution in [2.45, 2.75) is 6.61 Å². The van der Waals surface area contributed by atoms with Gasteiger partial charge in [0.1, 0.15) is 11.6 Å². The lowest BCUT2D eigenvalue weighted by Gasteiger charge is -2.13. The van der Waals surface area contributed by atoms with Crippen molar-refractivity contribution in [3.05, 3.63) is 69.3 Å². The van der Waals surface area contributed by atoms with Crippen molar-refractivity contribution in [2.24, 2.45) is 0 Å². The van der Waals surface area contributed by atoms with Gasteiger partial charge in [-0.05, 0) is 53.7 Å². The molecule has 0 unspecified atom stereocenters. The van der Waals surface area contributed by atoms with Crippen LogP contribution in [0.2, 0.25) is 5.02 Å². The average Bonchev–Trinajstić information content (AvgIpc) is 2.96. The van der Waals surface area contributed by atoms with E-state index in [1.807, 2.05) is 0 Å². The van der Waals surface area contributed by atoms with E-state index in [4.69, 9.17) is 11.6 Å². The summed E-state index contributed by atoms with van der Waals surface area (Å²) in [5.41, 5.74) is 0.586. The first-order valence-corrected chi connectivity index (χ1v) is 9.97. The molecular formula is C20H14ClF3N2O4S. The molecule has 3 amide bonds. The van der Waals surface area contributed by atoms with Crippen molar-refractivity contribution >= 4 is 46.5 Å². The number of nitrogens with one attached hydrogen (secondary N) is 1. The monoisotopic (exact) mass is 470 g/mol. The summed E-state index contributed by atoms with van der Waals surface area (Å²) in [4.78, 5) is 37.9. The summed E-state index contributed by atoms with van der Waals surface area (Å²) in [6.45, 7) is -3.05. The molecule has 162 valence electrons. The van der Waals surface area contributed by atoms with Crippen LogP contribution in [0.5, 0.6) is 5.75 Å². The van der Waals surface area contributed by atoms with Crippen LogP contribution in [0.15, 0.2) is 47.4 Å². The molecule has 6 nitrogen and oxygen atoms in total. The van der Waals surface area contributed by atoms with E-state index < -0.39 is 29.5 Å². The summed E-state index contributed by atoms with van der Waals surface area (Å²) in [6.07, 6.45) is 1.45. The second-order valence-corrected chi connectivity index (χ2v) is 7.56. The number of hydrogen-bond acceptors (Lipinski definition) is 5. The van der Waals surface area contributed by atoms with Gasteiger partial charge in [-0.3, -0.25) is 19.3 Å². The minimum atomic E-state index is -2.94.